The zero-order chi connectivity index (χ0) is 16.1. The van der Waals surface area contributed by atoms with E-state index in [1.165, 1.54) is 0 Å². The van der Waals surface area contributed by atoms with Crippen LogP contribution in [0.25, 0.3) is 11.2 Å². The van der Waals surface area contributed by atoms with Gasteiger partial charge < -0.3 is 10.8 Å². The van der Waals surface area contributed by atoms with Crippen molar-refractivity contribution >= 4 is 17.1 Å². The molecule has 2 heterocycles. The molecule has 0 spiro atoms. The van der Waals surface area contributed by atoms with Crippen LogP contribution in [0.15, 0.2) is 4.79 Å². The molecule has 8 heteroatoms. The first-order chi connectivity index (χ1) is 10.3. The van der Waals surface area contributed by atoms with E-state index < -0.39 is 0 Å². The first kappa shape index (κ1) is 15.0. The first-order valence-electron chi connectivity index (χ1n) is 7.57. The van der Waals surface area contributed by atoms with Crippen LogP contribution < -0.4 is 11.3 Å². The number of hydrogen-bond acceptors (Lipinski definition) is 6. The fraction of sp³-hybridized carbons (Fsp3) is 0.714. The van der Waals surface area contributed by atoms with E-state index in [1.807, 2.05) is 6.92 Å². The molecule has 22 heavy (non-hydrogen) atoms. The van der Waals surface area contributed by atoms with Crippen molar-refractivity contribution in [1.82, 2.24) is 25.0 Å². The number of aliphatic hydroxyl groups excluding tert-OH is 1. The Morgan fingerprint density at radius 1 is 1.55 bits per heavy atom. The molecule has 0 radical (unpaired) electrons. The summed E-state index contributed by atoms with van der Waals surface area (Å²) in [5, 5.41) is 17.7. The second kappa shape index (κ2) is 5.05. The lowest BCUT2D eigenvalue weighted by Gasteiger charge is -2.54. The highest BCUT2D eigenvalue weighted by molar-refractivity contribution is 5.69. The van der Waals surface area contributed by atoms with E-state index in [0.717, 1.165) is 12.8 Å². The molecule has 3 rings (SSSR count). The quantitative estimate of drug-likeness (QED) is 0.757. The smallest absolute Gasteiger partial charge is 0.282 e. The van der Waals surface area contributed by atoms with Gasteiger partial charge in [-0.2, -0.15) is 4.98 Å². The zero-order valence-electron chi connectivity index (χ0n) is 13.1. The fourth-order valence-corrected chi connectivity index (χ4v) is 3.68. The Labute approximate surface area is 127 Å². The number of nitrogen functional groups attached to an aromatic ring is 1. The molecule has 0 aromatic carbocycles. The molecular formula is C14H22N6O2. The molecule has 0 unspecified atom stereocenters. The third-order valence-electron chi connectivity index (χ3n) is 5.21. The van der Waals surface area contributed by atoms with E-state index in [9.17, 15) is 9.90 Å². The topological polar surface area (TPSA) is 123 Å². The molecule has 0 saturated heterocycles. The van der Waals surface area contributed by atoms with Crippen LogP contribution in [0.4, 0.5) is 5.95 Å². The van der Waals surface area contributed by atoms with Gasteiger partial charge in [-0.05, 0) is 37.0 Å². The highest BCUT2D eigenvalue weighted by atomic mass is 16.3. The van der Waals surface area contributed by atoms with Crippen molar-refractivity contribution < 1.29 is 5.11 Å². The third-order valence-corrected chi connectivity index (χ3v) is 5.21. The number of hydrogen-bond donors (Lipinski definition) is 3. The first-order valence-corrected chi connectivity index (χ1v) is 7.57. The van der Waals surface area contributed by atoms with Crippen LogP contribution in [0, 0.1) is 17.3 Å². The minimum absolute atomic E-state index is 0.0687. The Bertz CT molecular complexity index is 747. The maximum absolute atomic E-state index is 11.7. The van der Waals surface area contributed by atoms with Crippen molar-refractivity contribution in [2.24, 2.45) is 17.3 Å². The molecule has 4 N–H and O–H groups in total. The summed E-state index contributed by atoms with van der Waals surface area (Å²) >= 11 is 0. The van der Waals surface area contributed by atoms with Gasteiger partial charge in [0.05, 0.1) is 6.10 Å². The lowest BCUT2D eigenvalue weighted by atomic mass is 9.52. The molecule has 2 aromatic rings. The van der Waals surface area contributed by atoms with Crippen LogP contribution in [-0.4, -0.2) is 36.2 Å². The van der Waals surface area contributed by atoms with Crippen LogP contribution in [0.3, 0.4) is 0 Å². The number of nitrogens with zero attached hydrogens (tertiary/aromatic N) is 4. The normalized spacial score (nSPS) is 25.1. The number of rotatable bonds is 4. The maximum Gasteiger partial charge on any atom is 0.282 e. The van der Waals surface area contributed by atoms with Crippen LogP contribution in [0.5, 0.6) is 0 Å². The molecule has 1 aliphatic rings. The van der Waals surface area contributed by atoms with Gasteiger partial charge in [0, 0.05) is 6.54 Å². The maximum atomic E-state index is 11.7. The van der Waals surface area contributed by atoms with Crippen molar-refractivity contribution in [3.63, 3.8) is 0 Å². The monoisotopic (exact) mass is 306 g/mol. The van der Waals surface area contributed by atoms with Gasteiger partial charge in [0.2, 0.25) is 5.95 Å². The predicted molar refractivity (Wildman–Crippen MR) is 82.0 cm³/mol. The van der Waals surface area contributed by atoms with Crippen LogP contribution >= 0.6 is 0 Å². The largest absolute Gasteiger partial charge is 0.393 e. The highest BCUT2D eigenvalue weighted by Gasteiger charge is 2.49. The van der Waals surface area contributed by atoms with Gasteiger partial charge in [-0.3, -0.25) is 9.78 Å². The molecule has 1 aliphatic carbocycles. The van der Waals surface area contributed by atoms with Gasteiger partial charge in [-0.15, -0.1) is 5.10 Å². The minimum Gasteiger partial charge on any atom is -0.393 e. The number of aromatic nitrogens is 5. The second-order valence-electron chi connectivity index (χ2n) is 6.83. The Morgan fingerprint density at radius 3 is 2.91 bits per heavy atom. The van der Waals surface area contributed by atoms with Gasteiger partial charge in [0.1, 0.15) is 0 Å². The fourth-order valence-electron chi connectivity index (χ4n) is 3.68. The number of H-pyrrole nitrogens is 1. The van der Waals surface area contributed by atoms with Gasteiger partial charge in [0.25, 0.3) is 5.56 Å². The Morgan fingerprint density at radius 2 is 2.27 bits per heavy atom. The van der Waals surface area contributed by atoms with Crippen LogP contribution in [0.1, 0.15) is 33.6 Å². The number of fused-ring (bicyclic) bond motifs is 1. The molecule has 0 aliphatic heterocycles. The van der Waals surface area contributed by atoms with Gasteiger partial charge in [0.15, 0.2) is 11.2 Å². The van der Waals surface area contributed by atoms with Crippen molar-refractivity contribution in [3.05, 3.63) is 10.4 Å². The summed E-state index contributed by atoms with van der Waals surface area (Å²) in [5.74, 6) is 0.909. The Hall–Kier alpha value is -1.96. The molecule has 0 bridgehead atoms. The Kier molecular flexibility index (Phi) is 3.43. The predicted octanol–water partition coefficient (Wildman–Crippen LogP) is 0.530. The van der Waals surface area contributed by atoms with E-state index in [2.05, 4.69) is 34.1 Å². The molecule has 2 aromatic heterocycles. The summed E-state index contributed by atoms with van der Waals surface area (Å²) in [6.45, 7) is 6.87. The van der Waals surface area contributed by atoms with E-state index in [0.29, 0.717) is 24.0 Å². The van der Waals surface area contributed by atoms with Crippen molar-refractivity contribution in [2.75, 3.05) is 5.73 Å². The molecule has 8 nitrogen and oxygen atoms in total. The number of anilines is 1. The SMILES string of the molecule is C[C@@H](O)[C@@H]1C[C@H](CCn2nnc3c(=O)[nH]c(N)nc32)C1(C)C. The molecular weight excluding hydrogens is 284 g/mol. The second-order valence-corrected chi connectivity index (χ2v) is 6.83. The van der Waals surface area contributed by atoms with E-state index in [1.54, 1.807) is 4.68 Å². The molecule has 0 amide bonds. The van der Waals surface area contributed by atoms with E-state index in [-0.39, 0.29) is 28.5 Å². The Balaban J connectivity index is 1.75. The van der Waals surface area contributed by atoms with Gasteiger partial charge >= 0.3 is 0 Å². The summed E-state index contributed by atoms with van der Waals surface area (Å²) in [6, 6.07) is 0. The lowest BCUT2D eigenvalue weighted by Crippen LogP contribution is -2.49. The number of nitrogens with one attached hydrogen (secondary N) is 1. The van der Waals surface area contributed by atoms with Crippen LogP contribution in [0.2, 0.25) is 0 Å². The van der Waals surface area contributed by atoms with Gasteiger partial charge in [-0.1, -0.05) is 19.1 Å². The van der Waals surface area contributed by atoms with E-state index >= 15 is 0 Å². The summed E-state index contributed by atoms with van der Waals surface area (Å²) in [7, 11) is 0. The molecule has 1 saturated carbocycles. The average Bonchev–Trinajstić information content (AvgIpc) is 2.80. The van der Waals surface area contributed by atoms with E-state index in [4.69, 9.17) is 5.73 Å². The number of aliphatic hydroxyl groups is 1. The number of aryl methyl sites for hydroxylation is 1. The summed E-state index contributed by atoms with van der Waals surface area (Å²) in [4.78, 5) is 18.3. The summed E-state index contributed by atoms with van der Waals surface area (Å²) in [5.41, 5.74) is 5.95. The number of aromatic amines is 1. The molecule has 3 atom stereocenters. The number of nitrogens with two attached hydrogens (primary N) is 1. The van der Waals surface area contributed by atoms with Crippen molar-refractivity contribution in [2.45, 2.75) is 46.3 Å². The molecule has 1 fully saturated rings. The highest BCUT2D eigenvalue weighted by Crippen LogP contribution is 2.54. The van der Waals surface area contributed by atoms with Crippen LogP contribution in [-0.2, 0) is 6.54 Å². The van der Waals surface area contributed by atoms with Gasteiger partial charge in [-0.25, -0.2) is 4.68 Å². The lowest BCUT2D eigenvalue weighted by molar-refractivity contribution is -0.0920. The minimum atomic E-state index is -0.369. The third kappa shape index (κ3) is 2.27. The van der Waals surface area contributed by atoms with Crippen molar-refractivity contribution in [3.8, 4) is 0 Å². The standard InChI is InChI=1S/C14H22N6O2/c1-7(21)9-6-8(14(9,2)3)4-5-20-11-10(18-19-20)12(22)17-13(15)16-11/h7-9,21H,4-6H2,1-3H3,(H3,15,16,17,22)/t7-,8+,9+/m1/s1. The summed E-state index contributed by atoms with van der Waals surface area (Å²) < 4.78 is 1.63. The molecule has 120 valence electrons. The van der Waals surface area contributed by atoms with Crippen molar-refractivity contribution in [1.29, 1.82) is 0 Å². The summed E-state index contributed by atoms with van der Waals surface area (Å²) in [6.07, 6.45) is 1.63. The average molecular weight is 306 g/mol. The zero-order valence-corrected chi connectivity index (χ0v) is 13.1.